The highest BCUT2D eigenvalue weighted by Crippen LogP contribution is 2.27. The van der Waals surface area contributed by atoms with E-state index in [0.717, 1.165) is 5.56 Å². The molecule has 1 heterocycles. The van der Waals surface area contributed by atoms with E-state index < -0.39 is 5.97 Å². The Balaban J connectivity index is 1.63. The zero-order chi connectivity index (χ0) is 16.4. The van der Waals surface area contributed by atoms with Crippen molar-refractivity contribution in [2.75, 3.05) is 0 Å². The number of hydrogen-bond acceptors (Lipinski definition) is 4. The van der Waals surface area contributed by atoms with Crippen LogP contribution in [0.2, 0.25) is 0 Å². The summed E-state index contributed by atoms with van der Waals surface area (Å²) in [6.07, 6.45) is 0. The largest absolute Gasteiger partial charge is 0.436 e. The topological polar surface area (TPSA) is 52.3 Å². The number of esters is 1. The number of oxazole rings is 1. The SMILES string of the molecule is O=C(Oc1ccc2nc(-c3ccccc3)oc2c1)c1ccccc1. The van der Waals surface area contributed by atoms with Crippen molar-refractivity contribution in [1.29, 1.82) is 0 Å². The molecule has 0 aliphatic rings. The van der Waals surface area contributed by atoms with E-state index in [-0.39, 0.29) is 0 Å². The van der Waals surface area contributed by atoms with Crippen molar-refractivity contribution in [3.63, 3.8) is 0 Å². The van der Waals surface area contributed by atoms with Crippen LogP contribution in [0, 0.1) is 0 Å². The summed E-state index contributed by atoms with van der Waals surface area (Å²) >= 11 is 0. The highest BCUT2D eigenvalue weighted by molar-refractivity contribution is 5.91. The lowest BCUT2D eigenvalue weighted by molar-refractivity contribution is 0.0735. The first kappa shape index (κ1) is 14.2. The number of ether oxygens (including phenoxy) is 1. The number of carbonyl (C=O) groups excluding carboxylic acids is 1. The minimum atomic E-state index is -0.405. The third kappa shape index (κ3) is 2.77. The molecule has 4 heteroatoms. The van der Waals surface area contributed by atoms with Crippen molar-refractivity contribution in [2.24, 2.45) is 0 Å². The Labute approximate surface area is 138 Å². The zero-order valence-electron chi connectivity index (χ0n) is 12.7. The number of carbonyl (C=O) groups is 1. The summed E-state index contributed by atoms with van der Waals surface area (Å²) < 4.78 is 11.2. The van der Waals surface area contributed by atoms with E-state index in [4.69, 9.17) is 9.15 Å². The lowest BCUT2D eigenvalue weighted by Gasteiger charge is -2.03. The summed E-state index contributed by atoms with van der Waals surface area (Å²) in [4.78, 5) is 16.6. The molecule has 0 radical (unpaired) electrons. The second-order valence-electron chi connectivity index (χ2n) is 5.27. The molecule has 0 aliphatic carbocycles. The van der Waals surface area contributed by atoms with Gasteiger partial charge >= 0.3 is 5.97 Å². The summed E-state index contributed by atoms with van der Waals surface area (Å²) in [6.45, 7) is 0. The number of rotatable bonds is 3. The Bertz CT molecular complexity index is 991. The molecule has 0 atom stereocenters. The van der Waals surface area contributed by atoms with E-state index >= 15 is 0 Å². The Morgan fingerprint density at radius 3 is 2.33 bits per heavy atom. The lowest BCUT2D eigenvalue weighted by Crippen LogP contribution is -2.07. The van der Waals surface area contributed by atoms with Gasteiger partial charge in [0.15, 0.2) is 5.58 Å². The normalized spacial score (nSPS) is 10.7. The van der Waals surface area contributed by atoms with Gasteiger partial charge in [0, 0.05) is 11.6 Å². The van der Waals surface area contributed by atoms with Crippen molar-refractivity contribution in [1.82, 2.24) is 4.98 Å². The molecule has 0 unspecified atom stereocenters. The Morgan fingerprint density at radius 1 is 0.875 bits per heavy atom. The van der Waals surface area contributed by atoms with Gasteiger partial charge in [-0.15, -0.1) is 0 Å². The van der Waals surface area contributed by atoms with Gasteiger partial charge in [-0.05, 0) is 36.4 Å². The maximum atomic E-state index is 12.1. The van der Waals surface area contributed by atoms with Crippen LogP contribution in [0.1, 0.15) is 10.4 Å². The summed E-state index contributed by atoms with van der Waals surface area (Å²) in [5.74, 6) is 0.557. The average Bonchev–Trinajstić information content (AvgIpc) is 3.06. The molecule has 0 saturated carbocycles. The van der Waals surface area contributed by atoms with Gasteiger partial charge in [-0.3, -0.25) is 0 Å². The van der Waals surface area contributed by atoms with E-state index in [1.54, 1.807) is 42.5 Å². The van der Waals surface area contributed by atoms with Gasteiger partial charge < -0.3 is 9.15 Å². The fourth-order valence-corrected chi connectivity index (χ4v) is 2.41. The Hall–Kier alpha value is -3.40. The molecule has 3 aromatic carbocycles. The predicted octanol–water partition coefficient (Wildman–Crippen LogP) is 4.71. The summed E-state index contributed by atoms with van der Waals surface area (Å²) in [6, 6.07) is 23.7. The van der Waals surface area contributed by atoms with Crippen molar-refractivity contribution in [3.05, 3.63) is 84.4 Å². The summed E-state index contributed by atoms with van der Waals surface area (Å²) in [7, 11) is 0. The molecule has 0 amide bonds. The van der Waals surface area contributed by atoms with Crippen LogP contribution in [0.25, 0.3) is 22.6 Å². The molecular formula is C20H13NO3. The number of fused-ring (bicyclic) bond motifs is 1. The van der Waals surface area contributed by atoms with E-state index in [0.29, 0.717) is 28.3 Å². The smallest absolute Gasteiger partial charge is 0.343 e. The molecule has 24 heavy (non-hydrogen) atoms. The van der Waals surface area contributed by atoms with Gasteiger partial charge in [0.25, 0.3) is 0 Å². The predicted molar refractivity (Wildman–Crippen MR) is 90.8 cm³/mol. The second-order valence-corrected chi connectivity index (χ2v) is 5.27. The van der Waals surface area contributed by atoms with E-state index in [9.17, 15) is 4.79 Å². The van der Waals surface area contributed by atoms with E-state index in [2.05, 4.69) is 4.98 Å². The highest BCUT2D eigenvalue weighted by Gasteiger charge is 2.12. The number of nitrogens with zero attached hydrogens (tertiary/aromatic N) is 1. The van der Waals surface area contributed by atoms with Crippen LogP contribution < -0.4 is 4.74 Å². The summed E-state index contributed by atoms with van der Waals surface area (Å²) in [5, 5.41) is 0. The minimum Gasteiger partial charge on any atom is -0.436 e. The lowest BCUT2D eigenvalue weighted by atomic mass is 10.2. The van der Waals surface area contributed by atoms with Crippen LogP contribution in [0.5, 0.6) is 5.75 Å². The molecule has 4 nitrogen and oxygen atoms in total. The fraction of sp³-hybridized carbons (Fsp3) is 0. The third-order valence-corrected chi connectivity index (χ3v) is 3.60. The van der Waals surface area contributed by atoms with Crippen LogP contribution in [0.3, 0.4) is 0 Å². The van der Waals surface area contributed by atoms with Crippen molar-refractivity contribution < 1.29 is 13.9 Å². The first-order chi connectivity index (χ1) is 11.8. The number of hydrogen-bond donors (Lipinski definition) is 0. The van der Waals surface area contributed by atoms with Gasteiger partial charge in [-0.25, -0.2) is 9.78 Å². The van der Waals surface area contributed by atoms with Crippen LogP contribution in [-0.2, 0) is 0 Å². The highest BCUT2D eigenvalue weighted by atomic mass is 16.5. The maximum Gasteiger partial charge on any atom is 0.343 e. The molecule has 0 N–H and O–H groups in total. The Morgan fingerprint density at radius 2 is 1.58 bits per heavy atom. The molecule has 4 rings (SSSR count). The van der Waals surface area contributed by atoms with E-state index in [1.807, 2.05) is 36.4 Å². The zero-order valence-corrected chi connectivity index (χ0v) is 12.7. The van der Waals surface area contributed by atoms with Crippen molar-refractivity contribution in [3.8, 4) is 17.2 Å². The molecule has 0 saturated heterocycles. The fourth-order valence-electron chi connectivity index (χ4n) is 2.41. The van der Waals surface area contributed by atoms with Gasteiger partial charge in [-0.1, -0.05) is 36.4 Å². The third-order valence-electron chi connectivity index (χ3n) is 3.60. The Kier molecular flexibility index (Phi) is 3.56. The molecule has 0 aliphatic heterocycles. The molecule has 0 spiro atoms. The van der Waals surface area contributed by atoms with Crippen molar-refractivity contribution >= 4 is 17.1 Å². The van der Waals surface area contributed by atoms with Gasteiger partial charge in [0.05, 0.1) is 5.56 Å². The van der Waals surface area contributed by atoms with Crippen LogP contribution in [0.4, 0.5) is 0 Å². The van der Waals surface area contributed by atoms with Crippen LogP contribution >= 0.6 is 0 Å². The number of aromatic nitrogens is 1. The van der Waals surface area contributed by atoms with Crippen molar-refractivity contribution in [2.45, 2.75) is 0 Å². The first-order valence-electron chi connectivity index (χ1n) is 7.53. The van der Waals surface area contributed by atoms with Crippen LogP contribution in [0.15, 0.2) is 83.3 Å². The van der Waals surface area contributed by atoms with Gasteiger partial charge in [0.1, 0.15) is 11.3 Å². The molecule has 1 aromatic heterocycles. The molecule has 116 valence electrons. The van der Waals surface area contributed by atoms with Gasteiger partial charge in [-0.2, -0.15) is 0 Å². The standard InChI is InChI=1S/C20H13NO3/c22-20(15-9-5-2-6-10-15)23-16-11-12-17-18(13-16)24-19(21-17)14-7-3-1-4-8-14/h1-13H. The second kappa shape index (κ2) is 6.01. The monoisotopic (exact) mass is 315 g/mol. The molecule has 0 bridgehead atoms. The molecular weight excluding hydrogens is 302 g/mol. The maximum absolute atomic E-state index is 12.1. The first-order valence-corrected chi connectivity index (χ1v) is 7.53. The van der Waals surface area contributed by atoms with Crippen LogP contribution in [-0.4, -0.2) is 11.0 Å². The average molecular weight is 315 g/mol. The van der Waals surface area contributed by atoms with E-state index in [1.165, 1.54) is 0 Å². The molecule has 4 aromatic rings. The molecule has 0 fully saturated rings. The number of benzene rings is 3. The summed E-state index contributed by atoms with van der Waals surface area (Å²) in [5.41, 5.74) is 2.69. The van der Waals surface area contributed by atoms with Gasteiger partial charge in [0.2, 0.25) is 5.89 Å². The quantitative estimate of drug-likeness (QED) is 0.406. The minimum absolute atomic E-state index is 0.405.